The van der Waals surface area contributed by atoms with E-state index in [9.17, 15) is 14.7 Å². The summed E-state index contributed by atoms with van der Waals surface area (Å²) in [5, 5.41) is 12.2. The summed E-state index contributed by atoms with van der Waals surface area (Å²) in [6, 6.07) is 18.4. The topological polar surface area (TPSA) is 103 Å². The summed E-state index contributed by atoms with van der Waals surface area (Å²) >= 11 is 1.33. The number of thioether (sulfide) groups is 1. The smallest absolute Gasteiger partial charge is 0.407 e. The second-order valence-electron chi connectivity index (χ2n) is 8.39. The third kappa shape index (κ3) is 5.77. The number of rotatable bonds is 11. The number of carboxylic acids is 1. The van der Waals surface area contributed by atoms with Gasteiger partial charge in [-0.25, -0.2) is 9.59 Å². The first-order valence-electron chi connectivity index (χ1n) is 11.7. The van der Waals surface area contributed by atoms with Crippen LogP contribution in [0.2, 0.25) is 0 Å². The summed E-state index contributed by atoms with van der Waals surface area (Å²) in [6.45, 7) is 0.111. The Balaban J connectivity index is 1.36. The van der Waals surface area contributed by atoms with E-state index in [4.69, 9.17) is 18.9 Å². The van der Waals surface area contributed by atoms with Crippen LogP contribution in [0.5, 0.6) is 17.2 Å². The van der Waals surface area contributed by atoms with E-state index in [2.05, 4.69) is 17.4 Å². The number of hydrogen-bond acceptors (Lipinski definition) is 7. The van der Waals surface area contributed by atoms with Gasteiger partial charge in [-0.1, -0.05) is 48.5 Å². The van der Waals surface area contributed by atoms with Crippen molar-refractivity contribution in [2.75, 3.05) is 33.7 Å². The highest BCUT2D eigenvalue weighted by Gasteiger charge is 2.30. The monoisotopic (exact) mass is 523 g/mol. The van der Waals surface area contributed by atoms with Crippen LogP contribution in [0.25, 0.3) is 11.1 Å². The number of amides is 1. The molecule has 1 aliphatic carbocycles. The SMILES string of the molecule is COc1cc(OC)c(CSC[C@H](NC(=O)OCC2c3ccccc3-c3ccccc32)C(=O)O)c(OC)c1. The van der Waals surface area contributed by atoms with Crippen molar-refractivity contribution in [1.82, 2.24) is 5.32 Å². The summed E-state index contributed by atoms with van der Waals surface area (Å²) < 4.78 is 21.7. The minimum Gasteiger partial charge on any atom is -0.496 e. The maximum atomic E-state index is 12.6. The van der Waals surface area contributed by atoms with Gasteiger partial charge in [0.1, 0.15) is 29.9 Å². The number of methoxy groups -OCH3 is 3. The van der Waals surface area contributed by atoms with E-state index in [1.54, 1.807) is 33.5 Å². The van der Waals surface area contributed by atoms with E-state index in [0.717, 1.165) is 27.8 Å². The van der Waals surface area contributed by atoms with Crippen LogP contribution in [-0.4, -0.2) is 56.9 Å². The van der Waals surface area contributed by atoms with E-state index in [1.807, 2.05) is 36.4 Å². The first-order valence-corrected chi connectivity index (χ1v) is 12.8. The molecule has 0 heterocycles. The van der Waals surface area contributed by atoms with Crippen LogP contribution in [0.15, 0.2) is 60.7 Å². The average molecular weight is 524 g/mol. The Morgan fingerprint density at radius 3 is 2.00 bits per heavy atom. The van der Waals surface area contributed by atoms with Gasteiger partial charge >= 0.3 is 12.1 Å². The molecule has 1 amide bonds. The fraction of sp³-hybridized carbons (Fsp3) is 0.286. The van der Waals surface area contributed by atoms with Gasteiger partial charge in [-0.3, -0.25) is 0 Å². The van der Waals surface area contributed by atoms with Crippen LogP contribution >= 0.6 is 11.8 Å². The number of hydrogen-bond donors (Lipinski definition) is 2. The molecule has 1 aliphatic rings. The predicted octanol–water partition coefficient (Wildman–Crippen LogP) is 4.94. The van der Waals surface area contributed by atoms with Crippen molar-refractivity contribution in [3.8, 4) is 28.4 Å². The second-order valence-corrected chi connectivity index (χ2v) is 9.42. The van der Waals surface area contributed by atoms with Crippen molar-refractivity contribution in [1.29, 1.82) is 0 Å². The highest BCUT2D eigenvalue weighted by Crippen LogP contribution is 2.44. The molecule has 8 nitrogen and oxygen atoms in total. The molecule has 0 aromatic heterocycles. The van der Waals surface area contributed by atoms with Gasteiger partial charge in [0.2, 0.25) is 0 Å². The zero-order chi connectivity index (χ0) is 26.4. The van der Waals surface area contributed by atoms with Gasteiger partial charge in [0.15, 0.2) is 0 Å². The molecule has 0 unspecified atom stereocenters. The lowest BCUT2D eigenvalue weighted by molar-refractivity contribution is -0.138. The maximum Gasteiger partial charge on any atom is 0.407 e. The number of aliphatic carboxylic acids is 1. The number of carboxylic acid groups (broad SMARTS) is 1. The van der Waals surface area contributed by atoms with Crippen LogP contribution in [0, 0.1) is 0 Å². The Morgan fingerprint density at radius 1 is 0.919 bits per heavy atom. The summed E-state index contributed by atoms with van der Waals surface area (Å²) in [6.07, 6.45) is -0.769. The van der Waals surface area contributed by atoms with E-state index in [0.29, 0.717) is 23.0 Å². The lowest BCUT2D eigenvalue weighted by atomic mass is 9.98. The van der Waals surface area contributed by atoms with E-state index in [1.165, 1.54) is 11.8 Å². The standard InChI is InChI=1S/C28H29NO7S/c1-33-17-12-25(34-2)23(26(13-17)35-3)15-37-16-24(27(30)31)29-28(32)36-14-22-20-10-6-4-8-18(20)19-9-5-7-11-21(19)22/h4-13,22,24H,14-16H2,1-3H3,(H,29,32)(H,30,31)/t24-/m0/s1. The molecule has 0 bridgehead atoms. The van der Waals surface area contributed by atoms with Crippen LogP contribution in [0.1, 0.15) is 22.6 Å². The Hall–Kier alpha value is -3.85. The molecule has 9 heteroatoms. The number of ether oxygens (including phenoxy) is 4. The van der Waals surface area contributed by atoms with Crippen molar-refractivity contribution < 1.29 is 33.6 Å². The minimum atomic E-state index is -1.14. The number of nitrogens with one attached hydrogen (secondary N) is 1. The van der Waals surface area contributed by atoms with Gasteiger partial charge in [0, 0.05) is 35.1 Å². The summed E-state index contributed by atoms with van der Waals surface area (Å²) in [5.41, 5.74) is 5.18. The zero-order valence-electron chi connectivity index (χ0n) is 20.9. The van der Waals surface area contributed by atoms with Gasteiger partial charge in [-0.2, -0.15) is 11.8 Å². The Labute approximate surface area is 219 Å². The van der Waals surface area contributed by atoms with Crippen LogP contribution < -0.4 is 19.5 Å². The molecule has 0 fully saturated rings. The minimum absolute atomic E-state index is 0.106. The number of benzene rings is 3. The molecular weight excluding hydrogens is 494 g/mol. The van der Waals surface area contributed by atoms with Gasteiger partial charge in [-0.15, -0.1) is 0 Å². The van der Waals surface area contributed by atoms with Crippen molar-refractivity contribution >= 4 is 23.8 Å². The molecule has 3 aromatic carbocycles. The van der Waals surface area contributed by atoms with Crippen molar-refractivity contribution in [2.24, 2.45) is 0 Å². The third-order valence-corrected chi connectivity index (χ3v) is 7.34. The van der Waals surface area contributed by atoms with E-state index >= 15 is 0 Å². The lowest BCUT2D eigenvalue weighted by Crippen LogP contribution is -2.43. The largest absolute Gasteiger partial charge is 0.496 e. The quantitative estimate of drug-likeness (QED) is 0.364. The van der Waals surface area contributed by atoms with Crippen LogP contribution in [-0.2, 0) is 15.3 Å². The molecule has 0 saturated heterocycles. The van der Waals surface area contributed by atoms with Crippen LogP contribution in [0.4, 0.5) is 4.79 Å². The number of alkyl carbamates (subject to hydrolysis) is 1. The fourth-order valence-corrected chi connectivity index (χ4v) is 5.52. The maximum absolute atomic E-state index is 12.6. The molecule has 37 heavy (non-hydrogen) atoms. The first kappa shape index (κ1) is 26.2. The molecule has 0 aliphatic heterocycles. The average Bonchev–Trinajstić information content (AvgIpc) is 3.24. The van der Waals surface area contributed by atoms with Crippen LogP contribution in [0.3, 0.4) is 0 Å². The molecule has 0 spiro atoms. The Bertz CT molecular complexity index is 1210. The number of fused-ring (bicyclic) bond motifs is 3. The van der Waals surface area contributed by atoms with Gasteiger partial charge in [-0.05, 0) is 22.3 Å². The molecule has 4 rings (SSSR count). The molecular formula is C28H29NO7S. The fourth-order valence-electron chi connectivity index (χ4n) is 4.46. The highest BCUT2D eigenvalue weighted by molar-refractivity contribution is 7.98. The molecule has 3 aromatic rings. The summed E-state index contributed by atoms with van der Waals surface area (Å²) in [5.74, 6) is 1.01. The predicted molar refractivity (Wildman–Crippen MR) is 142 cm³/mol. The van der Waals surface area contributed by atoms with Crippen molar-refractivity contribution in [2.45, 2.75) is 17.7 Å². The summed E-state index contributed by atoms with van der Waals surface area (Å²) in [4.78, 5) is 24.4. The van der Waals surface area contributed by atoms with E-state index in [-0.39, 0.29) is 18.3 Å². The molecule has 194 valence electrons. The number of carbonyl (C=O) groups excluding carboxylic acids is 1. The third-order valence-electron chi connectivity index (χ3n) is 6.28. The Kier molecular flexibility index (Phi) is 8.45. The van der Waals surface area contributed by atoms with Gasteiger partial charge in [0.05, 0.1) is 21.3 Å². The first-order chi connectivity index (χ1) is 18.0. The zero-order valence-corrected chi connectivity index (χ0v) is 21.7. The van der Waals surface area contributed by atoms with Gasteiger partial charge < -0.3 is 29.4 Å². The van der Waals surface area contributed by atoms with E-state index < -0.39 is 18.1 Å². The lowest BCUT2D eigenvalue weighted by Gasteiger charge is -2.18. The van der Waals surface area contributed by atoms with Crippen molar-refractivity contribution in [3.05, 3.63) is 77.4 Å². The number of carbonyl (C=O) groups is 2. The normalized spacial score (nSPS) is 12.7. The summed E-state index contributed by atoms with van der Waals surface area (Å²) in [7, 11) is 4.64. The van der Waals surface area contributed by atoms with Gasteiger partial charge in [0.25, 0.3) is 0 Å². The molecule has 2 N–H and O–H groups in total. The molecule has 0 radical (unpaired) electrons. The second kappa shape index (κ2) is 11.9. The molecule has 1 atom stereocenters. The van der Waals surface area contributed by atoms with Crippen molar-refractivity contribution in [3.63, 3.8) is 0 Å². The Morgan fingerprint density at radius 2 is 1.49 bits per heavy atom. The molecule has 0 saturated carbocycles. The highest BCUT2D eigenvalue weighted by atomic mass is 32.2.